The van der Waals surface area contributed by atoms with Gasteiger partial charge >= 0.3 is 0 Å². The van der Waals surface area contributed by atoms with Crippen molar-refractivity contribution in [1.82, 2.24) is 14.7 Å². The molecular formula is C25H21N5O3S. The molecule has 1 aliphatic rings. The van der Waals surface area contributed by atoms with E-state index in [2.05, 4.69) is 25.0 Å². The van der Waals surface area contributed by atoms with Crippen LogP contribution in [-0.4, -0.2) is 36.7 Å². The molecule has 0 atom stereocenters. The van der Waals surface area contributed by atoms with Crippen LogP contribution in [-0.2, 0) is 10.0 Å². The molecule has 8 nitrogen and oxygen atoms in total. The Balaban J connectivity index is 1.47. The Kier molecular flexibility index (Phi) is 5.77. The van der Waals surface area contributed by atoms with Crippen LogP contribution in [0.25, 0.3) is 22.2 Å². The van der Waals surface area contributed by atoms with Crippen molar-refractivity contribution in [2.75, 3.05) is 11.9 Å². The Labute approximate surface area is 196 Å². The quantitative estimate of drug-likeness (QED) is 0.456. The standard InChI is InChI=1S/C25H21N5O3S/c31-25(28-18-7-3-8-19(14-18)34(32,33)30-24-11-5-13-27-24)21-15-23(17-6-4-12-26-16-17)29-22-10-2-1-9-20(21)22/h1-4,6-10,12,14-16H,5,11,13H2,(H,27,30)(H,28,31). The van der Waals surface area contributed by atoms with Crippen molar-refractivity contribution in [3.63, 3.8) is 0 Å². The zero-order chi connectivity index (χ0) is 23.5. The van der Waals surface area contributed by atoms with Gasteiger partial charge in [-0.3, -0.25) is 19.5 Å². The summed E-state index contributed by atoms with van der Waals surface area (Å²) in [5.41, 5.74) is 2.87. The lowest BCUT2D eigenvalue weighted by atomic mass is 10.0. The summed E-state index contributed by atoms with van der Waals surface area (Å²) in [4.78, 5) is 26.3. The van der Waals surface area contributed by atoms with Crippen LogP contribution in [0.5, 0.6) is 0 Å². The minimum absolute atomic E-state index is 0.0514. The number of pyridine rings is 2. The summed E-state index contributed by atoms with van der Waals surface area (Å²) < 4.78 is 28.0. The number of para-hydroxylation sites is 1. The fourth-order valence-corrected chi connectivity index (χ4v) is 4.94. The van der Waals surface area contributed by atoms with Crippen LogP contribution in [0.3, 0.4) is 0 Å². The lowest BCUT2D eigenvalue weighted by Gasteiger charge is -2.12. The number of carbonyl (C=O) groups excluding carboxylic acids is 1. The van der Waals surface area contributed by atoms with Gasteiger partial charge in [-0.1, -0.05) is 24.3 Å². The fraction of sp³-hybridized carbons (Fsp3) is 0.120. The zero-order valence-electron chi connectivity index (χ0n) is 18.1. The van der Waals surface area contributed by atoms with E-state index in [1.807, 2.05) is 36.4 Å². The topological polar surface area (TPSA) is 113 Å². The van der Waals surface area contributed by atoms with E-state index < -0.39 is 10.0 Å². The largest absolute Gasteiger partial charge is 0.322 e. The molecule has 9 heteroatoms. The Morgan fingerprint density at radius 2 is 1.85 bits per heavy atom. The smallest absolute Gasteiger partial charge is 0.262 e. The SMILES string of the molecule is O=C(Nc1cccc(S(=O)(=O)NC2=NCCC2)c1)c1cc(-c2cccnc2)nc2ccccc12. The second-order valence-electron chi connectivity index (χ2n) is 7.83. The average molecular weight is 472 g/mol. The van der Waals surface area contributed by atoms with E-state index in [-0.39, 0.29) is 10.8 Å². The van der Waals surface area contributed by atoms with Crippen LogP contribution < -0.4 is 10.0 Å². The van der Waals surface area contributed by atoms with Gasteiger partial charge in [-0.25, -0.2) is 13.4 Å². The summed E-state index contributed by atoms with van der Waals surface area (Å²) in [6.45, 7) is 0.620. The first-order valence-electron chi connectivity index (χ1n) is 10.8. The number of anilines is 1. The third-order valence-electron chi connectivity index (χ3n) is 5.45. The van der Waals surface area contributed by atoms with Gasteiger partial charge in [-0.15, -0.1) is 0 Å². The van der Waals surface area contributed by atoms with E-state index in [4.69, 9.17) is 0 Å². The van der Waals surface area contributed by atoms with Crippen molar-refractivity contribution in [2.45, 2.75) is 17.7 Å². The van der Waals surface area contributed by atoms with Crippen molar-refractivity contribution in [3.8, 4) is 11.3 Å². The summed E-state index contributed by atoms with van der Waals surface area (Å²) in [5.74, 6) is 0.0899. The highest BCUT2D eigenvalue weighted by Crippen LogP contribution is 2.26. The summed E-state index contributed by atoms with van der Waals surface area (Å²) >= 11 is 0. The number of fused-ring (bicyclic) bond motifs is 1. The number of carbonyl (C=O) groups is 1. The molecular weight excluding hydrogens is 450 g/mol. The maximum atomic E-state index is 13.3. The molecule has 0 bridgehead atoms. The maximum Gasteiger partial charge on any atom is 0.262 e. The first kappa shape index (κ1) is 21.7. The third-order valence-corrected chi connectivity index (χ3v) is 6.83. The van der Waals surface area contributed by atoms with Crippen molar-refractivity contribution < 1.29 is 13.2 Å². The number of hydrogen-bond acceptors (Lipinski definition) is 6. The summed E-state index contributed by atoms with van der Waals surface area (Å²) in [5, 5.41) is 3.52. The van der Waals surface area contributed by atoms with Crippen molar-refractivity contribution in [3.05, 3.63) is 84.7 Å². The molecule has 34 heavy (non-hydrogen) atoms. The highest BCUT2D eigenvalue weighted by atomic mass is 32.2. The Morgan fingerprint density at radius 1 is 0.971 bits per heavy atom. The number of benzene rings is 2. The van der Waals surface area contributed by atoms with E-state index in [0.29, 0.717) is 46.6 Å². The molecule has 0 saturated carbocycles. The third kappa shape index (κ3) is 4.51. The highest BCUT2D eigenvalue weighted by molar-refractivity contribution is 7.90. The molecule has 0 saturated heterocycles. The van der Waals surface area contributed by atoms with E-state index in [9.17, 15) is 13.2 Å². The number of amidine groups is 1. The van der Waals surface area contributed by atoms with Crippen LogP contribution in [0.1, 0.15) is 23.2 Å². The van der Waals surface area contributed by atoms with Gasteiger partial charge in [0.1, 0.15) is 5.84 Å². The number of aromatic nitrogens is 2. The molecule has 0 spiro atoms. The molecule has 0 aliphatic carbocycles. The van der Waals surface area contributed by atoms with E-state index in [1.54, 1.807) is 30.6 Å². The predicted octanol–water partition coefficient (Wildman–Crippen LogP) is 4.02. The normalized spacial score (nSPS) is 13.5. The molecule has 0 fully saturated rings. The van der Waals surface area contributed by atoms with Gasteiger partial charge in [0.05, 0.1) is 21.7 Å². The lowest BCUT2D eigenvalue weighted by Crippen LogP contribution is -2.29. The van der Waals surface area contributed by atoms with Gasteiger partial charge in [-0.2, -0.15) is 0 Å². The summed E-state index contributed by atoms with van der Waals surface area (Å²) in [6.07, 6.45) is 4.79. The van der Waals surface area contributed by atoms with Gasteiger partial charge in [0.15, 0.2) is 0 Å². The molecule has 2 aromatic heterocycles. The number of aliphatic imine (C=N–C) groups is 1. The number of nitrogens with zero attached hydrogens (tertiary/aromatic N) is 3. The molecule has 5 rings (SSSR count). The summed E-state index contributed by atoms with van der Waals surface area (Å²) in [6, 6.07) is 18.9. The van der Waals surface area contributed by atoms with Crippen LogP contribution >= 0.6 is 0 Å². The van der Waals surface area contributed by atoms with E-state index >= 15 is 0 Å². The molecule has 0 unspecified atom stereocenters. The first-order chi connectivity index (χ1) is 16.5. The average Bonchev–Trinajstić information content (AvgIpc) is 3.36. The van der Waals surface area contributed by atoms with Gasteiger partial charge in [0.2, 0.25) is 0 Å². The Morgan fingerprint density at radius 3 is 2.65 bits per heavy atom. The second-order valence-corrected chi connectivity index (χ2v) is 9.52. The van der Waals surface area contributed by atoms with Crippen molar-refractivity contribution in [1.29, 1.82) is 0 Å². The zero-order valence-corrected chi connectivity index (χ0v) is 18.9. The monoisotopic (exact) mass is 471 g/mol. The Hall–Kier alpha value is -4.11. The lowest BCUT2D eigenvalue weighted by molar-refractivity contribution is 0.102. The van der Waals surface area contributed by atoms with Crippen molar-refractivity contribution >= 4 is 38.4 Å². The molecule has 1 aliphatic heterocycles. The predicted molar refractivity (Wildman–Crippen MR) is 131 cm³/mol. The van der Waals surface area contributed by atoms with Crippen LogP contribution in [0.2, 0.25) is 0 Å². The number of rotatable bonds is 5. The maximum absolute atomic E-state index is 13.3. The highest BCUT2D eigenvalue weighted by Gasteiger charge is 2.20. The molecule has 170 valence electrons. The van der Waals surface area contributed by atoms with Gasteiger partial charge in [0.25, 0.3) is 15.9 Å². The van der Waals surface area contributed by atoms with Crippen LogP contribution in [0.15, 0.2) is 89.0 Å². The number of hydrogen-bond donors (Lipinski definition) is 2. The molecule has 2 aromatic carbocycles. The number of sulfonamides is 1. The first-order valence-corrected chi connectivity index (χ1v) is 12.3. The number of amides is 1. The second kappa shape index (κ2) is 9.03. The van der Waals surface area contributed by atoms with Crippen LogP contribution in [0, 0.1) is 0 Å². The molecule has 3 heterocycles. The van der Waals surface area contributed by atoms with Crippen molar-refractivity contribution in [2.24, 2.45) is 4.99 Å². The fourth-order valence-electron chi connectivity index (χ4n) is 3.80. The van der Waals surface area contributed by atoms with E-state index in [0.717, 1.165) is 12.0 Å². The molecule has 0 radical (unpaired) electrons. The molecule has 1 amide bonds. The molecule has 4 aromatic rings. The molecule has 2 N–H and O–H groups in total. The Bertz CT molecular complexity index is 1520. The van der Waals surface area contributed by atoms with Gasteiger partial charge in [-0.05, 0) is 48.9 Å². The summed E-state index contributed by atoms with van der Waals surface area (Å²) in [7, 11) is -3.79. The van der Waals surface area contributed by atoms with E-state index in [1.165, 1.54) is 12.1 Å². The number of nitrogens with one attached hydrogen (secondary N) is 2. The minimum Gasteiger partial charge on any atom is -0.322 e. The minimum atomic E-state index is -3.79. The van der Waals surface area contributed by atoms with Crippen LogP contribution in [0.4, 0.5) is 5.69 Å². The van der Waals surface area contributed by atoms with Gasteiger partial charge in [0, 0.05) is 42.0 Å². The van der Waals surface area contributed by atoms with Gasteiger partial charge < -0.3 is 5.32 Å².